The Hall–Kier alpha value is -7.71. The highest BCUT2D eigenvalue weighted by Crippen LogP contribution is 2.32. The highest BCUT2D eigenvalue weighted by molar-refractivity contribution is 5.87. The predicted octanol–water partition coefficient (Wildman–Crippen LogP) is 7.79. The van der Waals surface area contributed by atoms with Crippen LogP contribution in [0.25, 0.3) is 56.0 Å². The van der Waals surface area contributed by atoms with Gasteiger partial charge in [0.1, 0.15) is 51.7 Å². The summed E-state index contributed by atoms with van der Waals surface area (Å²) in [6.07, 6.45) is -0.940. The maximum absolute atomic E-state index is 15.2. The zero-order valence-electron chi connectivity index (χ0n) is 35.8. The lowest BCUT2D eigenvalue weighted by Crippen LogP contribution is -2.27. The molecule has 0 saturated carbocycles. The summed E-state index contributed by atoms with van der Waals surface area (Å²) in [5, 5.41) is 30.2. The van der Waals surface area contributed by atoms with E-state index in [1.165, 1.54) is 21.3 Å². The molecule has 5 N–H and O–H groups in total. The van der Waals surface area contributed by atoms with Crippen molar-refractivity contribution in [2.75, 3.05) is 11.1 Å². The van der Waals surface area contributed by atoms with E-state index in [9.17, 15) is 37.8 Å². The molecule has 8 rings (SSSR count). The molecule has 336 valence electrons. The first-order valence-corrected chi connectivity index (χ1v) is 19.6. The van der Waals surface area contributed by atoms with Crippen LogP contribution in [-0.2, 0) is 18.0 Å². The summed E-state index contributed by atoms with van der Waals surface area (Å²) in [5.74, 6) is -2.86. The Morgan fingerprint density at radius 2 is 1.14 bits per heavy atom. The normalized spacial score (nSPS) is 11.5. The number of nitrogen functional groups attached to an aromatic ring is 1. The number of fused-ring (bicyclic) bond motifs is 2. The lowest BCUT2D eigenvalue weighted by molar-refractivity contribution is 0.0635. The van der Waals surface area contributed by atoms with Gasteiger partial charge in [0.2, 0.25) is 0 Å². The highest BCUT2D eigenvalue weighted by atomic mass is 19.1. The topological polar surface area (TPSA) is 227 Å². The fourth-order valence-electron chi connectivity index (χ4n) is 7.17. The van der Waals surface area contributed by atoms with E-state index in [-0.39, 0.29) is 56.2 Å². The Bertz CT molecular complexity index is 3280. The number of benzene rings is 2. The fourth-order valence-corrected chi connectivity index (χ4v) is 7.17. The lowest BCUT2D eigenvalue weighted by atomic mass is 10.1. The smallest absolute Gasteiger partial charge is 0.412 e. The summed E-state index contributed by atoms with van der Waals surface area (Å²) >= 11 is 0. The zero-order chi connectivity index (χ0) is 47.2. The van der Waals surface area contributed by atoms with Crippen LogP contribution >= 0.6 is 0 Å². The number of aromatic nitrogens is 6. The second-order valence-electron chi connectivity index (χ2n) is 15.8. The number of hydrogen-bond donors (Lipinski definition) is 4. The molecule has 0 aliphatic heterocycles. The number of ether oxygens (including phenoxy) is 1. The van der Waals surface area contributed by atoms with Crippen molar-refractivity contribution in [3.8, 4) is 33.9 Å². The van der Waals surface area contributed by atoms with Crippen LogP contribution in [0.1, 0.15) is 55.1 Å². The average Bonchev–Trinajstić information content (AvgIpc) is 3.77. The summed E-state index contributed by atoms with van der Waals surface area (Å²) in [5.41, 5.74) is 6.32. The Labute approximate surface area is 365 Å². The Morgan fingerprint density at radius 3 is 1.55 bits per heavy atom. The molecule has 0 spiro atoms. The fraction of sp³-hybridized carbons (Fsp3) is 0.222. The van der Waals surface area contributed by atoms with Gasteiger partial charge in [-0.25, -0.2) is 32.3 Å². The molecule has 0 unspecified atom stereocenters. The molecule has 0 saturated heterocycles. The standard InChI is InChI=1S/C25H24F2N4O5.C20H16F2N4O3/c1-12-22(13(2)36-30-12)18-7-6-15-21(33)8-14(11-32)31(23(15)28-18)20-10-19(16(26)9-17(20)27)29-24(34)35-25(3,4)5;1-9-19(10(2)29-25-9)16-4-3-12-18(28)5-11(8-27)26(20(12)24-16)17-7-15(23)13(21)6-14(17)22/h6-10,32H,11H2,1-5H3,(H,29,34);3-7,27H,8,23H2,1-2H3. The predicted molar refractivity (Wildman–Crippen MR) is 231 cm³/mol. The molecule has 8 aromatic rings. The van der Waals surface area contributed by atoms with E-state index in [0.717, 1.165) is 18.2 Å². The number of nitrogens with zero attached hydrogens (tertiary/aromatic N) is 6. The van der Waals surface area contributed by atoms with Crippen molar-refractivity contribution >= 4 is 39.5 Å². The van der Waals surface area contributed by atoms with Gasteiger partial charge in [-0.05, 0) is 84.9 Å². The quantitative estimate of drug-likeness (QED) is 0.0886. The number of aliphatic hydroxyl groups excluding tert-OH is 2. The van der Waals surface area contributed by atoms with Crippen LogP contribution < -0.4 is 21.9 Å². The monoisotopic (exact) mass is 896 g/mol. The number of anilines is 2. The highest BCUT2D eigenvalue weighted by Gasteiger charge is 2.24. The van der Waals surface area contributed by atoms with Crippen molar-refractivity contribution in [3.63, 3.8) is 0 Å². The van der Waals surface area contributed by atoms with E-state index >= 15 is 4.39 Å². The average molecular weight is 897 g/mol. The second kappa shape index (κ2) is 17.5. The molecule has 0 aliphatic rings. The lowest BCUT2D eigenvalue weighted by Gasteiger charge is -2.21. The van der Waals surface area contributed by atoms with Gasteiger partial charge >= 0.3 is 6.09 Å². The summed E-state index contributed by atoms with van der Waals surface area (Å²) in [6, 6.07) is 12.0. The van der Waals surface area contributed by atoms with Gasteiger partial charge in [-0.1, -0.05) is 10.3 Å². The van der Waals surface area contributed by atoms with Gasteiger partial charge < -0.3 is 29.7 Å². The van der Waals surface area contributed by atoms with E-state index in [2.05, 4.69) is 25.6 Å². The Morgan fingerprint density at radius 1 is 0.692 bits per heavy atom. The second-order valence-corrected chi connectivity index (χ2v) is 15.8. The maximum atomic E-state index is 15.2. The van der Waals surface area contributed by atoms with E-state index < -0.39 is 59.0 Å². The summed E-state index contributed by atoms with van der Waals surface area (Å²) < 4.78 is 76.0. The van der Waals surface area contributed by atoms with Crippen LogP contribution in [0.4, 0.5) is 33.7 Å². The molecule has 20 heteroatoms. The Balaban J connectivity index is 0.000000198. The first kappa shape index (κ1) is 45.3. The van der Waals surface area contributed by atoms with Crippen molar-refractivity contribution in [2.45, 2.75) is 67.3 Å². The largest absolute Gasteiger partial charge is 0.444 e. The number of carbonyl (C=O) groups is 1. The molecule has 0 atom stereocenters. The van der Waals surface area contributed by atoms with E-state index in [1.54, 1.807) is 66.7 Å². The molecule has 0 radical (unpaired) electrons. The van der Waals surface area contributed by atoms with Crippen LogP contribution in [0, 0.1) is 51.0 Å². The maximum Gasteiger partial charge on any atom is 0.412 e. The third kappa shape index (κ3) is 8.80. The summed E-state index contributed by atoms with van der Waals surface area (Å²) in [4.78, 5) is 46.6. The van der Waals surface area contributed by atoms with Crippen LogP contribution in [0.3, 0.4) is 0 Å². The third-order valence-electron chi connectivity index (χ3n) is 10.00. The first-order chi connectivity index (χ1) is 30.7. The van der Waals surface area contributed by atoms with Gasteiger partial charge in [0.05, 0.1) is 92.0 Å². The van der Waals surface area contributed by atoms with Crippen molar-refractivity contribution in [3.05, 3.63) is 139 Å². The van der Waals surface area contributed by atoms with Crippen molar-refractivity contribution < 1.29 is 46.4 Å². The van der Waals surface area contributed by atoms with Crippen molar-refractivity contribution in [1.82, 2.24) is 29.4 Å². The van der Waals surface area contributed by atoms with Gasteiger partial charge in [0, 0.05) is 24.3 Å². The molecule has 6 aromatic heterocycles. The summed E-state index contributed by atoms with van der Waals surface area (Å²) in [6.45, 7) is 10.6. The number of aryl methyl sites for hydroxylation is 4. The van der Waals surface area contributed by atoms with Gasteiger partial charge in [-0.2, -0.15) is 0 Å². The number of amides is 1. The van der Waals surface area contributed by atoms with Crippen LogP contribution in [-0.4, -0.2) is 51.3 Å². The van der Waals surface area contributed by atoms with Crippen molar-refractivity contribution in [1.29, 1.82) is 0 Å². The first-order valence-electron chi connectivity index (χ1n) is 19.6. The number of hydrogen-bond acceptors (Lipinski definition) is 13. The zero-order valence-corrected chi connectivity index (χ0v) is 35.8. The molecule has 0 bridgehead atoms. The molecular formula is C45H40F4N8O8. The number of aliphatic hydroxyl groups is 2. The molecule has 1 amide bonds. The molecule has 2 aromatic carbocycles. The van der Waals surface area contributed by atoms with E-state index in [4.69, 9.17) is 19.5 Å². The summed E-state index contributed by atoms with van der Waals surface area (Å²) in [7, 11) is 0. The number of carbonyl (C=O) groups excluding carboxylic acids is 1. The minimum absolute atomic E-state index is 0.00430. The molecule has 16 nitrogen and oxygen atoms in total. The minimum atomic E-state index is -1.04. The van der Waals surface area contributed by atoms with Gasteiger partial charge in [-0.15, -0.1) is 0 Å². The van der Waals surface area contributed by atoms with Crippen molar-refractivity contribution in [2.24, 2.45) is 0 Å². The van der Waals surface area contributed by atoms with Gasteiger partial charge in [0.15, 0.2) is 10.9 Å². The van der Waals surface area contributed by atoms with E-state index in [0.29, 0.717) is 57.6 Å². The molecule has 6 heterocycles. The number of pyridine rings is 4. The molecule has 0 fully saturated rings. The molecule has 65 heavy (non-hydrogen) atoms. The number of rotatable bonds is 7. The number of nitrogens with one attached hydrogen (secondary N) is 1. The minimum Gasteiger partial charge on any atom is -0.444 e. The number of halogens is 4. The van der Waals surface area contributed by atoms with Crippen LogP contribution in [0.15, 0.2) is 79.3 Å². The van der Waals surface area contributed by atoms with Crippen LogP contribution in [0.2, 0.25) is 0 Å². The Kier molecular flexibility index (Phi) is 12.2. The SMILES string of the molecule is Cc1noc(C)c1-c1ccc2c(=O)cc(CO)n(-c3cc(N)c(F)cc3F)c2n1.Cc1noc(C)c1-c1ccc2c(=O)cc(CO)n(-c3cc(NC(=O)OC(C)(C)C)c(F)cc3F)c2n1. The van der Waals surface area contributed by atoms with Gasteiger partial charge in [-0.3, -0.25) is 24.0 Å². The van der Waals surface area contributed by atoms with Crippen LogP contribution in [0.5, 0.6) is 0 Å². The van der Waals surface area contributed by atoms with Gasteiger partial charge in [0.25, 0.3) is 0 Å². The molecular weight excluding hydrogens is 857 g/mol. The number of nitrogens with two attached hydrogens (primary N) is 1. The molecule has 0 aliphatic carbocycles. The van der Waals surface area contributed by atoms with E-state index in [1.807, 2.05) is 0 Å². The third-order valence-corrected chi connectivity index (χ3v) is 10.00.